The number of carbonyl (C=O) groups excluding carboxylic acids is 1. The molecule has 0 atom stereocenters. The number of rotatable bonds is 4. The van der Waals surface area contributed by atoms with E-state index >= 15 is 0 Å². The Balaban J connectivity index is 2.35. The van der Waals surface area contributed by atoms with Crippen LogP contribution < -0.4 is 0 Å². The van der Waals surface area contributed by atoms with Crippen molar-refractivity contribution in [3.8, 4) is 0 Å². The highest BCUT2D eigenvalue weighted by molar-refractivity contribution is 7.90. The standard InChI is InChI=1S/C13H16N2O4S/c1-3-15(9-12(16)19-4-2)13-10-7-5-6-8-11(10)20(17,18)14-13/h5-8H,3-4,9H2,1-2H3. The molecule has 0 fully saturated rings. The zero-order valence-corrected chi connectivity index (χ0v) is 12.2. The summed E-state index contributed by atoms with van der Waals surface area (Å²) < 4.78 is 32.6. The lowest BCUT2D eigenvalue weighted by Crippen LogP contribution is -2.36. The Labute approximate surface area is 118 Å². The fraction of sp³-hybridized carbons (Fsp3) is 0.385. The van der Waals surface area contributed by atoms with Gasteiger partial charge in [-0.25, -0.2) is 0 Å². The van der Waals surface area contributed by atoms with Crippen molar-refractivity contribution in [2.45, 2.75) is 18.7 Å². The van der Waals surface area contributed by atoms with Crippen LogP contribution in [0.4, 0.5) is 0 Å². The third kappa shape index (κ3) is 2.67. The summed E-state index contributed by atoms with van der Waals surface area (Å²) in [5.74, 6) is -0.102. The van der Waals surface area contributed by atoms with Crippen LogP contribution in [-0.4, -0.2) is 44.8 Å². The number of benzene rings is 1. The Kier molecular flexibility index (Phi) is 4.08. The first-order chi connectivity index (χ1) is 9.49. The van der Waals surface area contributed by atoms with Gasteiger partial charge >= 0.3 is 5.97 Å². The van der Waals surface area contributed by atoms with E-state index in [2.05, 4.69) is 4.40 Å². The lowest BCUT2D eigenvalue weighted by molar-refractivity contribution is -0.143. The summed E-state index contributed by atoms with van der Waals surface area (Å²) in [4.78, 5) is 13.4. The minimum absolute atomic E-state index is 0.0208. The third-order valence-corrected chi connectivity index (χ3v) is 4.24. The van der Waals surface area contributed by atoms with Gasteiger partial charge in [-0.1, -0.05) is 12.1 Å². The van der Waals surface area contributed by atoms with Crippen molar-refractivity contribution in [1.82, 2.24) is 4.90 Å². The molecule has 1 aromatic rings. The van der Waals surface area contributed by atoms with Crippen LogP contribution in [0.25, 0.3) is 0 Å². The summed E-state index contributed by atoms with van der Waals surface area (Å²) in [7, 11) is -3.66. The molecule has 1 aromatic carbocycles. The molecule has 0 aliphatic carbocycles. The maximum atomic E-state index is 12.0. The minimum atomic E-state index is -3.66. The van der Waals surface area contributed by atoms with E-state index in [0.29, 0.717) is 17.9 Å². The number of hydrogen-bond donors (Lipinski definition) is 0. The predicted octanol–water partition coefficient (Wildman–Crippen LogP) is 1.02. The Morgan fingerprint density at radius 3 is 2.65 bits per heavy atom. The molecule has 1 aliphatic rings. The summed E-state index contributed by atoms with van der Waals surface area (Å²) in [5, 5.41) is 0. The van der Waals surface area contributed by atoms with E-state index in [1.807, 2.05) is 6.92 Å². The SMILES string of the molecule is CCOC(=O)CN(CC)C1=NS(=O)(=O)c2ccccc21. The van der Waals surface area contributed by atoms with Crippen LogP contribution in [0.1, 0.15) is 19.4 Å². The number of esters is 1. The van der Waals surface area contributed by atoms with Gasteiger partial charge in [-0.3, -0.25) is 4.79 Å². The zero-order chi connectivity index (χ0) is 14.8. The average Bonchev–Trinajstić information content (AvgIpc) is 2.69. The number of carbonyl (C=O) groups is 1. The molecule has 0 N–H and O–H groups in total. The zero-order valence-electron chi connectivity index (χ0n) is 11.4. The van der Waals surface area contributed by atoms with Crippen LogP contribution in [0.2, 0.25) is 0 Å². The number of amidine groups is 1. The topological polar surface area (TPSA) is 76.0 Å². The lowest BCUT2D eigenvalue weighted by atomic mass is 10.2. The van der Waals surface area contributed by atoms with Crippen molar-refractivity contribution in [2.24, 2.45) is 4.40 Å². The van der Waals surface area contributed by atoms with E-state index in [1.54, 1.807) is 30.0 Å². The Morgan fingerprint density at radius 2 is 2.00 bits per heavy atom. The molecule has 6 nitrogen and oxygen atoms in total. The Morgan fingerprint density at radius 1 is 1.30 bits per heavy atom. The van der Waals surface area contributed by atoms with Crippen LogP contribution in [0, 0.1) is 0 Å². The molecule has 1 aliphatic heterocycles. The van der Waals surface area contributed by atoms with Crippen molar-refractivity contribution in [2.75, 3.05) is 19.7 Å². The molecule has 7 heteroatoms. The van der Waals surface area contributed by atoms with E-state index in [-0.39, 0.29) is 18.0 Å². The average molecular weight is 296 g/mol. The molecule has 108 valence electrons. The van der Waals surface area contributed by atoms with Gasteiger partial charge in [-0.2, -0.15) is 8.42 Å². The second kappa shape index (κ2) is 5.62. The smallest absolute Gasteiger partial charge is 0.325 e. The van der Waals surface area contributed by atoms with E-state index in [4.69, 9.17) is 4.74 Å². The fourth-order valence-corrected chi connectivity index (χ4v) is 3.24. The normalized spacial score (nSPS) is 15.4. The number of hydrogen-bond acceptors (Lipinski definition) is 5. The summed E-state index contributed by atoms with van der Waals surface area (Å²) in [6.45, 7) is 4.28. The molecule has 0 spiro atoms. The Hall–Kier alpha value is -1.89. The second-order valence-corrected chi connectivity index (χ2v) is 5.78. The Bertz CT molecular complexity index is 652. The van der Waals surface area contributed by atoms with Gasteiger partial charge in [-0.15, -0.1) is 4.40 Å². The lowest BCUT2D eigenvalue weighted by Gasteiger charge is -2.21. The summed E-state index contributed by atoms with van der Waals surface area (Å²) in [5.41, 5.74) is 0.527. The summed E-state index contributed by atoms with van der Waals surface area (Å²) in [6, 6.07) is 6.59. The number of sulfonamides is 1. The van der Waals surface area contributed by atoms with Crippen LogP contribution >= 0.6 is 0 Å². The first-order valence-electron chi connectivity index (χ1n) is 6.34. The van der Waals surface area contributed by atoms with Gasteiger partial charge < -0.3 is 9.64 Å². The van der Waals surface area contributed by atoms with Crippen LogP contribution in [0.15, 0.2) is 33.6 Å². The molecule has 1 heterocycles. The molecule has 0 aromatic heterocycles. The molecular weight excluding hydrogens is 280 g/mol. The predicted molar refractivity (Wildman–Crippen MR) is 74.0 cm³/mol. The fourth-order valence-electron chi connectivity index (χ4n) is 2.02. The third-order valence-electron chi connectivity index (χ3n) is 2.92. The monoisotopic (exact) mass is 296 g/mol. The largest absolute Gasteiger partial charge is 0.465 e. The van der Waals surface area contributed by atoms with E-state index in [9.17, 15) is 13.2 Å². The summed E-state index contributed by atoms with van der Waals surface area (Å²) >= 11 is 0. The van der Waals surface area contributed by atoms with Crippen LogP contribution in [0.5, 0.6) is 0 Å². The molecule has 0 saturated carbocycles. The number of nitrogens with zero attached hydrogens (tertiary/aromatic N) is 2. The van der Waals surface area contributed by atoms with Crippen molar-refractivity contribution in [3.05, 3.63) is 29.8 Å². The number of ether oxygens (including phenoxy) is 1. The van der Waals surface area contributed by atoms with Crippen molar-refractivity contribution >= 4 is 21.8 Å². The molecular formula is C13H16N2O4S. The molecule has 0 amide bonds. The number of fused-ring (bicyclic) bond motifs is 1. The van der Waals surface area contributed by atoms with Gasteiger partial charge in [0.05, 0.1) is 6.61 Å². The minimum Gasteiger partial charge on any atom is -0.465 e. The van der Waals surface area contributed by atoms with Gasteiger partial charge in [0.2, 0.25) is 0 Å². The molecule has 20 heavy (non-hydrogen) atoms. The highest BCUT2D eigenvalue weighted by Gasteiger charge is 2.31. The van der Waals surface area contributed by atoms with Gasteiger partial charge in [0.15, 0.2) is 5.84 Å². The van der Waals surface area contributed by atoms with E-state index in [1.165, 1.54) is 6.07 Å². The van der Waals surface area contributed by atoms with Gasteiger partial charge in [0, 0.05) is 12.1 Å². The van der Waals surface area contributed by atoms with Crippen LogP contribution in [-0.2, 0) is 19.6 Å². The van der Waals surface area contributed by atoms with E-state index < -0.39 is 16.0 Å². The summed E-state index contributed by atoms with van der Waals surface area (Å²) in [6.07, 6.45) is 0. The molecule has 0 saturated heterocycles. The maximum Gasteiger partial charge on any atom is 0.325 e. The molecule has 0 bridgehead atoms. The van der Waals surface area contributed by atoms with Gasteiger partial charge in [-0.05, 0) is 26.0 Å². The number of likely N-dealkylation sites (N-methyl/N-ethyl adjacent to an activating group) is 1. The quantitative estimate of drug-likeness (QED) is 0.775. The van der Waals surface area contributed by atoms with Crippen molar-refractivity contribution in [3.63, 3.8) is 0 Å². The molecule has 0 unspecified atom stereocenters. The molecule has 0 radical (unpaired) electrons. The van der Waals surface area contributed by atoms with Crippen molar-refractivity contribution < 1.29 is 17.9 Å². The molecule has 2 rings (SSSR count). The second-order valence-electron chi connectivity index (χ2n) is 4.21. The van der Waals surface area contributed by atoms with Crippen LogP contribution in [0.3, 0.4) is 0 Å². The first kappa shape index (κ1) is 14.5. The highest BCUT2D eigenvalue weighted by Crippen LogP contribution is 2.27. The van der Waals surface area contributed by atoms with E-state index in [0.717, 1.165) is 0 Å². The van der Waals surface area contributed by atoms with Gasteiger partial charge in [0.25, 0.3) is 10.0 Å². The maximum absolute atomic E-state index is 12.0. The highest BCUT2D eigenvalue weighted by atomic mass is 32.2. The van der Waals surface area contributed by atoms with Crippen molar-refractivity contribution in [1.29, 1.82) is 0 Å². The first-order valence-corrected chi connectivity index (χ1v) is 7.78. The van der Waals surface area contributed by atoms with Gasteiger partial charge in [0.1, 0.15) is 11.4 Å².